The molecule has 3 heteroatoms. The van der Waals surface area contributed by atoms with E-state index in [-0.39, 0.29) is 5.54 Å². The van der Waals surface area contributed by atoms with Crippen LogP contribution in [0.3, 0.4) is 0 Å². The summed E-state index contributed by atoms with van der Waals surface area (Å²) in [6, 6.07) is 8.70. The number of rotatable bonds is 6. The van der Waals surface area contributed by atoms with Gasteiger partial charge >= 0.3 is 0 Å². The lowest BCUT2D eigenvalue weighted by Gasteiger charge is -2.23. The number of nitrogens with zero attached hydrogens (tertiary/aromatic N) is 1. The lowest BCUT2D eigenvalue weighted by Crippen LogP contribution is -2.33. The third kappa shape index (κ3) is 5.46. The van der Waals surface area contributed by atoms with Crippen LogP contribution in [-0.2, 0) is 0 Å². The van der Waals surface area contributed by atoms with Gasteiger partial charge in [0.15, 0.2) is 0 Å². The van der Waals surface area contributed by atoms with Gasteiger partial charge in [0, 0.05) is 29.7 Å². The Bertz CT molecular complexity index is 327. The van der Waals surface area contributed by atoms with Gasteiger partial charge in [-0.3, -0.25) is 0 Å². The van der Waals surface area contributed by atoms with Crippen molar-refractivity contribution in [3.05, 3.63) is 24.3 Å². The SMILES string of the molecule is CSc1ccc(N(C)CCCC(C)(C)N)cc1. The highest BCUT2D eigenvalue weighted by molar-refractivity contribution is 7.98. The van der Waals surface area contributed by atoms with Crippen molar-refractivity contribution < 1.29 is 0 Å². The minimum Gasteiger partial charge on any atom is -0.375 e. The first-order valence-corrected chi connectivity index (χ1v) is 7.29. The molecule has 0 aromatic heterocycles. The van der Waals surface area contributed by atoms with E-state index in [9.17, 15) is 0 Å². The van der Waals surface area contributed by atoms with Crippen LogP contribution in [0.25, 0.3) is 0 Å². The van der Waals surface area contributed by atoms with E-state index in [0.29, 0.717) is 0 Å². The highest BCUT2D eigenvalue weighted by Gasteiger charge is 2.10. The Balaban J connectivity index is 2.43. The van der Waals surface area contributed by atoms with Crippen LogP contribution >= 0.6 is 11.8 Å². The van der Waals surface area contributed by atoms with E-state index in [0.717, 1.165) is 19.4 Å². The van der Waals surface area contributed by atoms with Crippen molar-refractivity contribution in [2.24, 2.45) is 5.73 Å². The van der Waals surface area contributed by atoms with Gasteiger partial charge in [0.25, 0.3) is 0 Å². The maximum atomic E-state index is 5.98. The van der Waals surface area contributed by atoms with Gasteiger partial charge in [-0.25, -0.2) is 0 Å². The van der Waals surface area contributed by atoms with E-state index in [1.165, 1.54) is 10.6 Å². The molecule has 1 aromatic carbocycles. The van der Waals surface area contributed by atoms with Crippen LogP contribution in [0.1, 0.15) is 26.7 Å². The van der Waals surface area contributed by atoms with Crippen LogP contribution in [0, 0.1) is 0 Å². The maximum Gasteiger partial charge on any atom is 0.0364 e. The Morgan fingerprint density at radius 1 is 1.24 bits per heavy atom. The van der Waals surface area contributed by atoms with Crippen molar-refractivity contribution in [2.75, 3.05) is 24.7 Å². The summed E-state index contributed by atoms with van der Waals surface area (Å²) in [6.45, 7) is 5.22. The average Bonchev–Trinajstić information content (AvgIpc) is 2.27. The molecule has 2 N–H and O–H groups in total. The molecule has 2 nitrogen and oxygen atoms in total. The van der Waals surface area contributed by atoms with Crippen LogP contribution < -0.4 is 10.6 Å². The van der Waals surface area contributed by atoms with Gasteiger partial charge in [-0.05, 0) is 57.2 Å². The van der Waals surface area contributed by atoms with Crippen molar-refractivity contribution in [2.45, 2.75) is 37.1 Å². The topological polar surface area (TPSA) is 29.3 Å². The molecule has 0 spiro atoms. The monoisotopic (exact) mass is 252 g/mol. The fourth-order valence-corrected chi connectivity index (χ4v) is 2.15. The molecule has 1 rings (SSSR count). The Labute approximate surface area is 110 Å². The molecular weight excluding hydrogens is 228 g/mol. The molecule has 17 heavy (non-hydrogen) atoms. The highest BCUT2D eigenvalue weighted by Crippen LogP contribution is 2.20. The van der Waals surface area contributed by atoms with Crippen LogP contribution in [-0.4, -0.2) is 25.4 Å². The summed E-state index contributed by atoms with van der Waals surface area (Å²) in [4.78, 5) is 3.60. The number of anilines is 1. The predicted molar refractivity (Wildman–Crippen MR) is 79.0 cm³/mol. The van der Waals surface area contributed by atoms with E-state index in [4.69, 9.17) is 5.73 Å². The zero-order chi connectivity index (χ0) is 12.9. The summed E-state index contributed by atoms with van der Waals surface area (Å²) in [7, 11) is 2.14. The van der Waals surface area contributed by atoms with Crippen LogP contribution in [0.5, 0.6) is 0 Å². The summed E-state index contributed by atoms with van der Waals surface area (Å²) in [5.74, 6) is 0. The number of hydrogen-bond donors (Lipinski definition) is 1. The number of thioether (sulfide) groups is 1. The number of benzene rings is 1. The predicted octanol–water partition coefficient (Wildman–Crippen LogP) is 3.36. The molecule has 0 bridgehead atoms. The minimum atomic E-state index is -0.0520. The molecule has 0 saturated carbocycles. The molecule has 0 heterocycles. The largest absolute Gasteiger partial charge is 0.375 e. The fourth-order valence-electron chi connectivity index (χ4n) is 1.74. The maximum absolute atomic E-state index is 5.98. The van der Waals surface area contributed by atoms with Gasteiger partial charge in [0.05, 0.1) is 0 Å². The van der Waals surface area contributed by atoms with Gasteiger partial charge in [-0.2, -0.15) is 0 Å². The van der Waals surface area contributed by atoms with Gasteiger partial charge in [0.1, 0.15) is 0 Å². The molecule has 0 unspecified atom stereocenters. The molecule has 0 fully saturated rings. The summed E-state index contributed by atoms with van der Waals surface area (Å²) in [5, 5.41) is 0. The first-order valence-electron chi connectivity index (χ1n) is 6.06. The van der Waals surface area contributed by atoms with Crippen molar-refractivity contribution in [1.82, 2.24) is 0 Å². The average molecular weight is 252 g/mol. The van der Waals surface area contributed by atoms with E-state index < -0.39 is 0 Å². The first kappa shape index (κ1) is 14.4. The lowest BCUT2D eigenvalue weighted by molar-refractivity contribution is 0.460. The highest BCUT2D eigenvalue weighted by atomic mass is 32.2. The summed E-state index contributed by atoms with van der Waals surface area (Å²) < 4.78 is 0. The van der Waals surface area contributed by atoms with Crippen LogP contribution in [0.4, 0.5) is 5.69 Å². The number of nitrogens with two attached hydrogens (primary N) is 1. The van der Waals surface area contributed by atoms with Gasteiger partial charge in [-0.1, -0.05) is 0 Å². The van der Waals surface area contributed by atoms with Crippen molar-refractivity contribution in [3.63, 3.8) is 0 Å². The minimum absolute atomic E-state index is 0.0520. The molecule has 0 atom stereocenters. The lowest BCUT2D eigenvalue weighted by atomic mass is 10.00. The molecule has 0 saturated heterocycles. The Morgan fingerprint density at radius 2 is 1.82 bits per heavy atom. The fraction of sp³-hybridized carbons (Fsp3) is 0.571. The second-order valence-electron chi connectivity index (χ2n) is 5.21. The van der Waals surface area contributed by atoms with E-state index in [1.807, 2.05) is 0 Å². The van der Waals surface area contributed by atoms with Crippen molar-refractivity contribution in [1.29, 1.82) is 0 Å². The van der Waals surface area contributed by atoms with E-state index in [1.54, 1.807) is 11.8 Å². The second kappa shape index (κ2) is 6.31. The molecule has 0 aliphatic rings. The third-order valence-electron chi connectivity index (χ3n) is 2.83. The smallest absolute Gasteiger partial charge is 0.0364 e. The third-order valence-corrected chi connectivity index (χ3v) is 3.57. The summed E-state index contributed by atoms with van der Waals surface area (Å²) in [6.07, 6.45) is 4.28. The Hall–Kier alpha value is -0.670. The van der Waals surface area contributed by atoms with Gasteiger partial charge in [-0.15, -0.1) is 11.8 Å². The molecule has 0 aliphatic heterocycles. The van der Waals surface area contributed by atoms with Crippen molar-refractivity contribution in [3.8, 4) is 0 Å². The Morgan fingerprint density at radius 3 is 2.29 bits per heavy atom. The molecular formula is C14H24N2S. The van der Waals surface area contributed by atoms with E-state index >= 15 is 0 Å². The van der Waals surface area contributed by atoms with Gasteiger partial charge in [0.2, 0.25) is 0 Å². The number of hydrogen-bond acceptors (Lipinski definition) is 3. The molecule has 0 radical (unpaired) electrons. The zero-order valence-electron chi connectivity index (χ0n) is 11.4. The first-order chi connectivity index (χ1) is 7.92. The molecule has 0 amide bonds. The quantitative estimate of drug-likeness (QED) is 0.787. The van der Waals surface area contributed by atoms with Gasteiger partial charge < -0.3 is 10.6 Å². The summed E-state index contributed by atoms with van der Waals surface area (Å²) >= 11 is 1.78. The molecule has 96 valence electrons. The zero-order valence-corrected chi connectivity index (χ0v) is 12.2. The van der Waals surface area contributed by atoms with Crippen LogP contribution in [0.15, 0.2) is 29.2 Å². The molecule has 0 aliphatic carbocycles. The van der Waals surface area contributed by atoms with Crippen molar-refractivity contribution >= 4 is 17.4 Å². The van der Waals surface area contributed by atoms with Crippen LogP contribution in [0.2, 0.25) is 0 Å². The Kier molecular flexibility index (Phi) is 5.34. The normalized spacial score (nSPS) is 11.6. The molecule has 1 aromatic rings. The van der Waals surface area contributed by atoms with E-state index in [2.05, 4.69) is 56.3 Å². The summed E-state index contributed by atoms with van der Waals surface area (Å²) in [5.41, 5.74) is 7.20. The standard InChI is InChI=1S/C14H24N2S/c1-14(2,15)10-5-11-16(3)12-6-8-13(17-4)9-7-12/h6-9H,5,10-11,15H2,1-4H3. The second-order valence-corrected chi connectivity index (χ2v) is 6.09.